The maximum Gasteiger partial charge on any atom is 0.126 e. The fourth-order valence-electron chi connectivity index (χ4n) is 3.82. The van der Waals surface area contributed by atoms with Crippen LogP contribution in [0, 0.1) is 5.92 Å². The van der Waals surface area contributed by atoms with Crippen molar-refractivity contribution in [3.63, 3.8) is 0 Å². The van der Waals surface area contributed by atoms with Crippen LogP contribution < -0.4 is 10.1 Å². The smallest absolute Gasteiger partial charge is 0.126 e. The molecule has 2 N–H and O–H groups in total. The molecule has 1 atom stereocenters. The molecular weight excluding hydrogens is 312 g/mol. The summed E-state index contributed by atoms with van der Waals surface area (Å²) in [5, 5.41) is 15.6. The van der Waals surface area contributed by atoms with E-state index in [0.717, 1.165) is 44.4 Å². The Hall–Kier alpha value is -1.62. The molecule has 1 fully saturated rings. The van der Waals surface area contributed by atoms with Crippen molar-refractivity contribution >= 4 is 10.8 Å². The van der Waals surface area contributed by atoms with Gasteiger partial charge in [0.2, 0.25) is 0 Å². The molecule has 0 bridgehead atoms. The molecule has 0 radical (unpaired) electrons. The van der Waals surface area contributed by atoms with Crippen LogP contribution in [0.25, 0.3) is 10.8 Å². The minimum absolute atomic E-state index is 0.224. The molecule has 25 heavy (non-hydrogen) atoms. The molecule has 3 rings (SSSR count). The number of benzene rings is 2. The van der Waals surface area contributed by atoms with E-state index in [0.29, 0.717) is 0 Å². The van der Waals surface area contributed by atoms with Gasteiger partial charge in [-0.25, -0.2) is 0 Å². The second-order valence-electron chi connectivity index (χ2n) is 7.20. The van der Waals surface area contributed by atoms with E-state index in [2.05, 4.69) is 46.6 Å². The van der Waals surface area contributed by atoms with Crippen molar-refractivity contribution in [3.8, 4) is 5.75 Å². The van der Waals surface area contributed by atoms with E-state index in [1.165, 1.54) is 29.2 Å². The average Bonchev–Trinajstić information content (AvgIpc) is 2.63. The van der Waals surface area contributed by atoms with Gasteiger partial charge in [0, 0.05) is 18.5 Å². The van der Waals surface area contributed by atoms with Gasteiger partial charge in [0.25, 0.3) is 0 Å². The average molecular weight is 342 g/mol. The molecule has 2 aromatic carbocycles. The summed E-state index contributed by atoms with van der Waals surface area (Å²) in [4.78, 5) is 2.37. The highest BCUT2D eigenvalue weighted by molar-refractivity contribution is 5.91. The molecule has 1 heterocycles. The lowest BCUT2D eigenvalue weighted by atomic mass is 9.96. The van der Waals surface area contributed by atoms with Gasteiger partial charge in [-0.3, -0.25) is 0 Å². The van der Waals surface area contributed by atoms with Crippen LogP contribution in [0.1, 0.15) is 25.3 Å². The molecular formula is C21H30N2O2. The first-order valence-corrected chi connectivity index (χ1v) is 9.33. The third-order valence-corrected chi connectivity index (χ3v) is 5.17. The zero-order valence-corrected chi connectivity index (χ0v) is 15.4. The molecule has 0 unspecified atom stereocenters. The van der Waals surface area contributed by atoms with Crippen LogP contribution in [-0.4, -0.2) is 49.4 Å². The van der Waals surface area contributed by atoms with E-state index in [4.69, 9.17) is 4.74 Å². The molecule has 1 aliphatic heterocycles. The van der Waals surface area contributed by atoms with E-state index >= 15 is 0 Å². The molecule has 4 heteroatoms. The van der Waals surface area contributed by atoms with Gasteiger partial charge in [-0.2, -0.15) is 0 Å². The Morgan fingerprint density at radius 2 is 1.88 bits per heavy atom. The van der Waals surface area contributed by atoms with Gasteiger partial charge in [0.15, 0.2) is 0 Å². The van der Waals surface area contributed by atoms with Crippen molar-refractivity contribution in [3.05, 3.63) is 42.0 Å². The molecule has 0 saturated carbocycles. The molecule has 2 aromatic rings. The summed E-state index contributed by atoms with van der Waals surface area (Å²) in [6.07, 6.45) is 2.20. The van der Waals surface area contributed by atoms with Crippen LogP contribution >= 0.6 is 0 Å². The number of likely N-dealkylation sites (tertiary alicyclic amines) is 1. The predicted molar refractivity (Wildman–Crippen MR) is 103 cm³/mol. The number of β-amino-alcohol motifs (C(OH)–C–C–N with tert-alkyl or cyclic N) is 1. The Balaban J connectivity index is 1.53. The summed E-state index contributed by atoms with van der Waals surface area (Å²) in [5.41, 5.74) is 1.32. The number of nitrogens with zero attached hydrogens (tertiary/aromatic N) is 1. The second kappa shape index (κ2) is 8.65. The first-order chi connectivity index (χ1) is 12.2. The van der Waals surface area contributed by atoms with Crippen LogP contribution in [0.15, 0.2) is 36.4 Å². The molecule has 0 spiro atoms. The fraction of sp³-hybridized carbons (Fsp3) is 0.524. The highest BCUT2D eigenvalue weighted by atomic mass is 16.5. The standard InChI is InChI=1S/C21H30N2O2/c1-16(24)15-23-11-9-17(10-12-23)13-22-14-18-7-8-21(25-2)20-6-4-3-5-19(18)20/h3-8,16-17,22,24H,9-15H2,1-2H3/t16-/m1/s1. The van der Waals surface area contributed by atoms with E-state index < -0.39 is 0 Å². The van der Waals surface area contributed by atoms with Crippen LogP contribution in [0.5, 0.6) is 5.75 Å². The van der Waals surface area contributed by atoms with Gasteiger partial charge in [-0.15, -0.1) is 0 Å². The number of rotatable bonds is 7. The molecule has 0 amide bonds. The van der Waals surface area contributed by atoms with Gasteiger partial charge in [0.1, 0.15) is 5.75 Å². The van der Waals surface area contributed by atoms with Crippen LogP contribution in [0.4, 0.5) is 0 Å². The first kappa shape index (κ1) is 18.2. The zero-order valence-electron chi connectivity index (χ0n) is 15.4. The molecule has 1 aliphatic rings. The van der Waals surface area contributed by atoms with Gasteiger partial charge >= 0.3 is 0 Å². The van der Waals surface area contributed by atoms with E-state index in [1.807, 2.05) is 6.92 Å². The third kappa shape index (κ3) is 4.72. The summed E-state index contributed by atoms with van der Waals surface area (Å²) >= 11 is 0. The van der Waals surface area contributed by atoms with Crippen LogP contribution in [0.2, 0.25) is 0 Å². The number of hydrogen-bond donors (Lipinski definition) is 2. The lowest BCUT2D eigenvalue weighted by molar-refractivity contribution is 0.0998. The van der Waals surface area contributed by atoms with Crippen molar-refractivity contribution in [1.82, 2.24) is 10.2 Å². The summed E-state index contributed by atoms with van der Waals surface area (Å²) in [7, 11) is 1.73. The minimum Gasteiger partial charge on any atom is -0.496 e. The zero-order chi connectivity index (χ0) is 17.6. The monoisotopic (exact) mass is 342 g/mol. The topological polar surface area (TPSA) is 44.7 Å². The van der Waals surface area contributed by atoms with Crippen molar-refractivity contribution < 1.29 is 9.84 Å². The van der Waals surface area contributed by atoms with E-state index in [-0.39, 0.29) is 6.10 Å². The number of aliphatic hydroxyl groups excluding tert-OH is 1. The van der Waals surface area contributed by atoms with Gasteiger partial charge in [-0.1, -0.05) is 30.3 Å². The predicted octanol–water partition coefficient (Wildman–Crippen LogP) is 3.03. The van der Waals surface area contributed by atoms with Crippen LogP contribution in [0.3, 0.4) is 0 Å². The SMILES string of the molecule is COc1ccc(CNCC2CCN(C[C@@H](C)O)CC2)c2ccccc12. The van der Waals surface area contributed by atoms with Gasteiger partial charge in [-0.05, 0) is 62.3 Å². The maximum atomic E-state index is 9.50. The van der Waals surface area contributed by atoms with Crippen molar-refractivity contribution in [1.29, 1.82) is 0 Å². The third-order valence-electron chi connectivity index (χ3n) is 5.17. The van der Waals surface area contributed by atoms with Crippen LogP contribution in [-0.2, 0) is 6.54 Å². The Kier molecular flexibility index (Phi) is 6.29. The molecule has 4 nitrogen and oxygen atoms in total. The largest absolute Gasteiger partial charge is 0.496 e. The van der Waals surface area contributed by atoms with Gasteiger partial charge < -0.3 is 20.1 Å². The van der Waals surface area contributed by atoms with Crippen molar-refractivity contribution in [2.75, 3.05) is 33.3 Å². The summed E-state index contributed by atoms with van der Waals surface area (Å²) in [6.45, 7) is 6.82. The molecule has 1 saturated heterocycles. The lowest BCUT2D eigenvalue weighted by Gasteiger charge is -2.32. The number of aliphatic hydroxyl groups is 1. The summed E-state index contributed by atoms with van der Waals surface area (Å²) < 4.78 is 5.48. The number of hydrogen-bond acceptors (Lipinski definition) is 4. The number of ether oxygens (including phenoxy) is 1. The number of fused-ring (bicyclic) bond motifs is 1. The molecule has 136 valence electrons. The number of piperidine rings is 1. The minimum atomic E-state index is -0.224. The van der Waals surface area contributed by atoms with E-state index in [9.17, 15) is 5.11 Å². The second-order valence-corrected chi connectivity index (χ2v) is 7.20. The summed E-state index contributed by atoms with van der Waals surface area (Å²) in [6, 6.07) is 12.7. The van der Waals surface area contributed by atoms with E-state index in [1.54, 1.807) is 7.11 Å². The first-order valence-electron chi connectivity index (χ1n) is 9.33. The van der Waals surface area contributed by atoms with Gasteiger partial charge in [0.05, 0.1) is 13.2 Å². The van der Waals surface area contributed by atoms with Crippen molar-refractivity contribution in [2.24, 2.45) is 5.92 Å². The quantitative estimate of drug-likeness (QED) is 0.812. The summed E-state index contributed by atoms with van der Waals surface area (Å²) in [5.74, 6) is 1.67. The lowest BCUT2D eigenvalue weighted by Crippen LogP contribution is -2.40. The normalized spacial score (nSPS) is 17.7. The Morgan fingerprint density at radius 3 is 2.56 bits per heavy atom. The molecule has 0 aromatic heterocycles. The maximum absolute atomic E-state index is 9.50. The Bertz CT molecular complexity index is 679. The molecule has 0 aliphatic carbocycles. The highest BCUT2D eigenvalue weighted by Gasteiger charge is 2.19. The Morgan fingerprint density at radius 1 is 1.16 bits per heavy atom. The number of nitrogens with one attached hydrogen (secondary N) is 1. The number of methoxy groups -OCH3 is 1. The van der Waals surface area contributed by atoms with Crippen molar-refractivity contribution in [2.45, 2.75) is 32.4 Å². The fourth-order valence-corrected chi connectivity index (χ4v) is 3.82. The highest BCUT2D eigenvalue weighted by Crippen LogP contribution is 2.28. The Labute approximate surface area is 150 Å².